The number of carbonyl (C=O) groups excluding carboxylic acids is 4. The highest BCUT2D eigenvalue weighted by atomic mass is 19.1. The van der Waals surface area contributed by atoms with Crippen LogP contribution in [0.5, 0.6) is 0 Å². The normalized spacial score (nSPS) is 14.6. The number of amides is 4. The van der Waals surface area contributed by atoms with Gasteiger partial charge in [-0.3, -0.25) is 19.2 Å². The van der Waals surface area contributed by atoms with Crippen LogP contribution in [0.4, 0.5) is 33.3 Å². The maximum absolute atomic E-state index is 15.4. The zero-order valence-electron chi connectivity index (χ0n) is 32.3. The van der Waals surface area contributed by atoms with Crippen molar-refractivity contribution in [2.24, 2.45) is 0 Å². The second-order valence-corrected chi connectivity index (χ2v) is 15.2. The van der Waals surface area contributed by atoms with Gasteiger partial charge in [-0.25, -0.2) is 22.0 Å². The average Bonchev–Trinajstić information content (AvgIpc) is 4.14. The molecular weight excluding hydrogens is 768 g/mol. The van der Waals surface area contributed by atoms with E-state index in [2.05, 4.69) is 10.6 Å². The predicted molar refractivity (Wildman–Crippen MR) is 213 cm³/mol. The van der Waals surface area contributed by atoms with Gasteiger partial charge < -0.3 is 20.4 Å². The fourth-order valence-corrected chi connectivity index (χ4v) is 7.14. The van der Waals surface area contributed by atoms with Crippen LogP contribution in [0, 0.1) is 29.1 Å². The highest BCUT2D eigenvalue weighted by Crippen LogP contribution is 2.41. The van der Waals surface area contributed by atoms with Crippen LogP contribution in [0.3, 0.4) is 0 Å². The summed E-state index contributed by atoms with van der Waals surface area (Å²) in [4.78, 5) is 58.0. The number of carbonyl (C=O) groups is 4. The SMILES string of the molecule is CN(C(=O)[C@H](Cc1cc(F)cc(F)c1)NC(=O)c1ccc(F)c(C(=O)N[C@@H](Cc2cc(F)cc(F)c2)C(=O)N(C)c2ccc(C3CC3)cc2)c1)c1ccc(C2CC2)cc1. The molecular formula is C46H41F5N4O4. The molecule has 2 atom stereocenters. The highest BCUT2D eigenvalue weighted by molar-refractivity contribution is 6.05. The molecule has 0 heterocycles. The monoisotopic (exact) mass is 808 g/mol. The smallest absolute Gasteiger partial charge is 0.254 e. The molecule has 0 saturated heterocycles. The summed E-state index contributed by atoms with van der Waals surface area (Å²) >= 11 is 0. The van der Waals surface area contributed by atoms with E-state index in [0.29, 0.717) is 35.3 Å². The minimum absolute atomic E-state index is 0.0462. The van der Waals surface area contributed by atoms with Crippen LogP contribution in [-0.4, -0.2) is 49.8 Å². The van der Waals surface area contributed by atoms with E-state index in [0.717, 1.165) is 79.3 Å². The molecule has 2 N–H and O–H groups in total. The summed E-state index contributed by atoms with van der Waals surface area (Å²) in [6.45, 7) is 0. The first kappa shape index (κ1) is 40.8. The Morgan fingerprint density at radius 1 is 0.542 bits per heavy atom. The summed E-state index contributed by atoms with van der Waals surface area (Å²) in [7, 11) is 2.97. The molecule has 4 amide bonds. The van der Waals surface area contributed by atoms with Crippen molar-refractivity contribution in [2.75, 3.05) is 23.9 Å². The number of nitrogens with zero attached hydrogens (tertiary/aromatic N) is 2. The summed E-state index contributed by atoms with van der Waals surface area (Å²) in [6, 6.07) is 20.2. The number of likely N-dealkylation sites (N-methyl/N-ethyl adjacent to an activating group) is 2. The maximum Gasteiger partial charge on any atom is 0.254 e. The molecule has 5 aromatic rings. The summed E-state index contributed by atoms with van der Waals surface area (Å²) in [5.41, 5.74) is 2.49. The van der Waals surface area contributed by atoms with E-state index in [1.165, 1.54) is 23.9 Å². The Labute approximate surface area is 338 Å². The molecule has 13 heteroatoms. The van der Waals surface area contributed by atoms with E-state index in [9.17, 15) is 36.7 Å². The van der Waals surface area contributed by atoms with Gasteiger partial charge in [0.05, 0.1) is 5.56 Å². The van der Waals surface area contributed by atoms with Crippen LogP contribution < -0.4 is 20.4 Å². The number of hydrogen-bond donors (Lipinski definition) is 2. The topological polar surface area (TPSA) is 98.8 Å². The molecule has 7 rings (SSSR count). The maximum atomic E-state index is 15.4. The third-order valence-electron chi connectivity index (χ3n) is 10.7. The van der Waals surface area contributed by atoms with Crippen molar-refractivity contribution in [3.8, 4) is 0 Å². The first-order valence-corrected chi connectivity index (χ1v) is 19.3. The molecule has 5 aromatic carbocycles. The number of halogens is 5. The molecule has 0 unspecified atom stereocenters. The van der Waals surface area contributed by atoms with Crippen LogP contribution in [0.1, 0.15) is 80.5 Å². The Balaban J connectivity index is 1.13. The second-order valence-electron chi connectivity index (χ2n) is 15.2. The Morgan fingerprint density at radius 2 is 0.932 bits per heavy atom. The Bertz CT molecular complexity index is 2360. The minimum atomic E-state index is -1.45. The molecule has 304 valence electrons. The molecule has 0 aliphatic heterocycles. The van der Waals surface area contributed by atoms with E-state index >= 15 is 4.39 Å². The van der Waals surface area contributed by atoms with Crippen LogP contribution in [-0.2, 0) is 22.4 Å². The van der Waals surface area contributed by atoms with Crippen LogP contribution in [0.2, 0.25) is 0 Å². The first-order valence-electron chi connectivity index (χ1n) is 19.3. The van der Waals surface area contributed by atoms with Crippen LogP contribution >= 0.6 is 0 Å². The van der Waals surface area contributed by atoms with Crippen molar-refractivity contribution in [1.29, 1.82) is 0 Å². The van der Waals surface area contributed by atoms with E-state index in [-0.39, 0.29) is 29.5 Å². The quantitative estimate of drug-likeness (QED) is 0.111. The molecule has 2 aliphatic rings. The van der Waals surface area contributed by atoms with Gasteiger partial charge in [-0.2, -0.15) is 0 Å². The first-order chi connectivity index (χ1) is 28.2. The standard InChI is InChI=1S/C46H41F5N4O4/c1-54(37-12-7-30(8-13-37)28-3-4-28)45(58)41(21-26-17-33(47)24-34(48)18-26)52-43(56)32-11-16-40(51)39(23-32)44(57)53-42(22-27-19-35(49)25-36(50)20-27)46(59)55(2)38-14-9-31(10-15-38)29-5-6-29/h7-20,23-25,28-29,41-42H,3-6,21-22H2,1-2H3,(H,52,56)(H,53,57)/t41-,42-/m0/s1. The molecule has 0 spiro atoms. The van der Waals surface area contributed by atoms with Crippen LogP contribution in [0.25, 0.3) is 0 Å². The number of nitrogens with one attached hydrogen (secondary N) is 2. The van der Waals surface area contributed by atoms with Crippen molar-refractivity contribution in [2.45, 2.75) is 62.4 Å². The predicted octanol–water partition coefficient (Wildman–Crippen LogP) is 8.15. The second kappa shape index (κ2) is 17.2. The Hall–Kier alpha value is -6.37. The average molecular weight is 809 g/mol. The van der Waals surface area contributed by atoms with Gasteiger partial charge in [-0.15, -0.1) is 0 Å². The largest absolute Gasteiger partial charge is 0.340 e. The number of anilines is 2. The van der Waals surface area contributed by atoms with Crippen LogP contribution in [0.15, 0.2) is 103 Å². The summed E-state index contributed by atoms with van der Waals surface area (Å²) in [6.07, 6.45) is 3.63. The summed E-state index contributed by atoms with van der Waals surface area (Å²) in [5.74, 6) is -6.99. The lowest BCUT2D eigenvalue weighted by atomic mass is 10.0. The van der Waals surface area contributed by atoms with Gasteiger partial charge >= 0.3 is 0 Å². The van der Waals surface area contributed by atoms with Gasteiger partial charge in [0, 0.05) is 56.0 Å². The van der Waals surface area contributed by atoms with E-state index in [1.54, 1.807) is 24.3 Å². The molecule has 2 saturated carbocycles. The van der Waals surface area contributed by atoms with E-state index < -0.39 is 70.4 Å². The molecule has 8 nitrogen and oxygen atoms in total. The van der Waals surface area contributed by atoms with Gasteiger partial charge in [0.2, 0.25) is 11.8 Å². The fourth-order valence-electron chi connectivity index (χ4n) is 7.14. The number of rotatable bonds is 14. The lowest BCUT2D eigenvalue weighted by molar-refractivity contribution is -0.120. The van der Waals surface area contributed by atoms with Crippen molar-refractivity contribution >= 4 is 35.0 Å². The highest BCUT2D eigenvalue weighted by Gasteiger charge is 2.31. The van der Waals surface area contributed by atoms with Crippen molar-refractivity contribution in [3.05, 3.63) is 166 Å². The summed E-state index contributed by atoms with van der Waals surface area (Å²) in [5, 5.41) is 5.07. The zero-order valence-corrected chi connectivity index (χ0v) is 32.3. The Morgan fingerprint density at radius 3 is 1.32 bits per heavy atom. The molecule has 2 fully saturated rings. The van der Waals surface area contributed by atoms with E-state index in [1.807, 2.05) is 24.3 Å². The van der Waals surface area contributed by atoms with Gasteiger partial charge in [0.15, 0.2) is 0 Å². The summed E-state index contributed by atoms with van der Waals surface area (Å²) < 4.78 is 72.3. The Kier molecular flexibility index (Phi) is 11.9. The van der Waals surface area contributed by atoms with E-state index in [4.69, 9.17) is 0 Å². The van der Waals surface area contributed by atoms with Gasteiger partial charge in [0.25, 0.3) is 11.8 Å². The molecule has 2 aliphatic carbocycles. The van der Waals surface area contributed by atoms with Gasteiger partial charge in [-0.05, 0) is 127 Å². The van der Waals surface area contributed by atoms with Crippen molar-refractivity contribution in [3.63, 3.8) is 0 Å². The lowest BCUT2D eigenvalue weighted by Crippen LogP contribution is -2.49. The zero-order chi connectivity index (χ0) is 42.0. The molecule has 0 bridgehead atoms. The molecule has 59 heavy (non-hydrogen) atoms. The molecule has 0 radical (unpaired) electrons. The van der Waals surface area contributed by atoms with Gasteiger partial charge in [0.1, 0.15) is 41.2 Å². The molecule has 0 aromatic heterocycles. The minimum Gasteiger partial charge on any atom is -0.340 e. The number of benzene rings is 5. The van der Waals surface area contributed by atoms with Crippen molar-refractivity contribution in [1.82, 2.24) is 10.6 Å². The lowest BCUT2D eigenvalue weighted by Gasteiger charge is -2.26. The van der Waals surface area contributed by atoms with Gasteiger partial charge in [-0.1, -0.05) is 24.3 Å². The third-order valence-corrected chi connectivity index (χ3v) is 10.7. The third kappa shape index (κ3) is 10.0. The number of hydrogen-bond acceptors (Lipinski definition) is 4. The van der Waals surface area contributed by atoms with Crippen molar-refractivity contribution < 1.29 is 41.1 Å². The fraction of sp³-hybridized carbons (Fsp3) is 0.261.